The summed E-state index contributed by atoms with van der Waals surface area (Å²) in [5, 5.41) is 3.23. The van der Waals surface area contributed by atoms with Gasteiger partial charge < -0.3 is 11.1 Å². The number of anilines is 3. The van der Waals surface area contributed by atoms with Crippen LogP contribution in [0.25, 0.3) is 0 Å². The average Bonchev–Trinajstić information content (AvgIpc) is 2.34. The molecule has 3 N–H and O–H groups in total. The van der Waals surface area contributed by atoms with Gasteiger partial charge in [0.2, 0.25) is 0 Å². The minimum atomic E-state index is 0.639. The highest BCUT2D eigenvalue weighted by Crippen LogP contribution is 2.26. The highest BCUT2D eigenvalue weighted by molar-refractivity contribution is 9.10. The monoisotopic (exact) mass is 309 g/mol. The van der Waals surface area contributed by atoms with Gasteiger partial charge in [0.15, 0.2) is 0 Å². The summed E-state index contributed by atoms with van der Waals surface area (Å²) in [4.78, 5) is 5.46. The summed E-state index contributed by atoms with van der Waals surface area (Å²) in [7, 11) is 0. The summed E-state index contributed by atoms with van der Waals surface area (Å²) in [6.45, 7) is 0. The first-order valence-electron chi connectivity index (χ1n) is 5.01. The highest BCUT2D eigenvalue weighted by Gasteiger charge is 2.02. The van der Waals surface area contributed by atoms with E-state index in [9.17, 15) is 0 Å². The Labute approximate surface area is 113 Å². The van der Waals surface area contributed by atoms with E-state index < -0.39 is 0 Å². The molecule has 0 aliphatic heterocycles. The number of halogens is 1. The molecule has 17 heavy (non-hydrogen) atoms. The predicted molar refractivity (Wildman–Crippen MR) is 77.9 cm³/mol. The maximum atomic E-state index is 5.64. The zero-order valence-corrected chi connectivity index (χ0v) is 11.7. The zero-order valence-electron chi connectivity index (χ0n) is 9.27. The molecule has 0 aliphatic carbocycles. The van der Waals surface area contributed by atoms with E-state index in [0.29, 0.717) is 5.69 Å². The Balaban J connectivity index is 2.19. The fourth-order valence-corrected chi connectivity index (χ4v) is 2.23. The van der Waals surface area contributed by atoms with E-state index in [0.717, 1.165) is 16.0 Å². The second-order valence-corrected chi connectivity index (χ2v) is 5.19. The molecule has 1 aromatic heterocycles. The summed E-state index contributed by atoms with van der Waals surface area (Å²) in [5.41, 5.74) is 7.28. The minimum Gasteiger partial charge on any atom is -0.397 e. The van der Waals surface area contributed by atoms with Gasteiger partial charge in [-0.2, -0.15) is 0 Å². The van der Waals surface area contributed by atoms with Gasteiger partial charge >= 0.3 is 0 Å². The van der Waals surface area contributed by atoms with Crippen molar-refractivity contribution in [3.8, 4) is 0 Å². The van der Waals surface area contributed by atoms with Gasteiger partial charge in [-0.1, -0.05) is 0 Å². The van der Waals surface area contributed by atoms with Crippen molar-refractivity contribution in [3.63, 3.8) is 0 Å². The number of aromatic nitrogens is 1. The fourth-order valence-electron chi connectivity index (χ4n) is 1.36. The topological polar surface area (TPSA) is 50.9 Å². The third-order valence-electron chi connectivity index (χ3n) is 2.22. The third-order valence-corrected chi connectivity index (χ3v) is 3.56. The number of nitrogens with two attached hydrogens (primary N) is 1. The van der Waals surface area contributed by atoms with Crippen molar-refractivity contribution in [2.45, 2.75) is 4.90 Å². The van der Waals surface area contributed by atoms with Gasteiger partial charge in [0, 0.05) is 10.6 Å². The van der Waals surface area contributed by atoms with Crippen LogP contribution in [0, 0.1) is 0 Å². The molecule has 0 amide bonds. The summed E-state index contributed by atoms with van der Waals surface area (Å²) in [6.07, 6.45) is 3.68. The lowest BCUT2D eigenvalue weighted by Crippen LogP contribution is -1.96. The van der Waals surface area contributed by atoms with Gasteiger partial charge in [-0.25, -0.2) is 4.98 Å². The van der Waals surface area contributed by atoms with Crippen LogP contribution in [0.4, 0.5) is 17.2 Å². The fraction of sp³-hybridized carbons (Fsp3) is 0.0833. The van der Waals surface area contributed by atoms with Crippen LogP contribution in [0.3, 0.4) is 0 Å². The van der Waals surface area contributed by atoms with Gasteiger partial charge in [0.1, 0.15) is 5.82 Å². The Morgan fingerprint density at radius 3 is 2.59 bits per heavy atom. The summed E-state index contributed by atoms with van der Waals surface area (Å²) in [5.74, 6) is 0.760. The molecular formula is C12H12BrN3S. The number of nitrogens with zero attached hydrogens (tertiary/aromatic N) is 1. The largest absolute Gasteiger partial charge is 0.397 e. The Morgan fingerprint density at radius 2 is 2.00 bits per heavy atom. The van der Waals surface area contributed by atoms with Crippen molar-refractivity contribution in [1.29, 1.82) is 0 Å². The molecule has 5 heteroatoms. The summed E-state index contributed by atoms with van der Waals surface area (Å²) >= 11 is 5.14. The molecule has 0 unspecified atom stereocenters. The molecule has 1 heterocycles. The van der Waals surface area contributed by atoms with Crippen molar-refractivity contribution >= 4 is 44.9 Å². The van der Waals surface area contributed by atoms with Gasteiger partial charge in [-0.15, -0.1) is 11.8 Å². The molecule has 88 valence electrons. The third kappa shape index (κ3) is 3.14. The van der Waals surface area contributed by atoms with Crippen LogP contribution in [0.1, 0.15) is 0 Å². The molecule has 0 aliphatic rings. The molecule has 0 atom stereocenters. The smallest absolute Gasteiger partial charge is 0.144 e. The molecule has 2 rings (SSSR count). The number of hydrogen-bond acceptors (Lipinski definition) is 4. The van der Waals surface area contributed by atoms with Gasteiger partial charge in [0.25, 0.3) is 0 Å². The number of benzene rings is 1. The van der Waals surface area contributed by atoms with E-state index in [4.69, 9.17) is 5.73 Å². The molecule has 0 saturated carbocycles. The second kappa shape index (κ2) is 5.42. The number of hydrogen-bond donors (Lipinski definition) is 2. The van der Waals surface area contributed by atoms with Crippen LogP contribution in [0.15, 0.2) is 45.9 Å². The lowest BCUT2D eigenvalue weighted by atomic mass is 10.3. The van der Waals surface area contributed by atoms with Crippen molar-refractivity contribution in [2.75, 3.05) is 17.3 Å². The molecule has 1 aromatic carbocycles. The predicted octanol–water partition coefficient (Wildman–Crippen LogP) is 3.89. The SMILES string of the molecule is CSc1ccc(Nc2ncc(N)cc2Br)cc1. The van der Waals surface area contributed by atoms with Crippen LogP contribution in [0.2, 0.25) is 0 Å². The van der Waals surface area contributed by atoms with Crippen molar-refractivity contribution in [3.05, 3.63) is 41.0 Å². The maximum Gasteiger partial charge on any atom is 0.144 e. The molecule has 0 saturated heterocycles. The Bertz CT molecular complexity index is 514. The van der Waals surface area contributed by atoms with Gasteiger partial charge in [-0.05, 0) is 52.5 Å². The molecule has 0 spiro atoms. The average molecular weight is 310 g/mol. The Morgan fingerprint density at radius 1 is 1.29 bits per heavy atom. The van der Waals surface area contributed by atoms with E-state index in [2.05, 4.69) is 44.6 Å². The highest BCUT2D eigenvalue weighted by atomic mass is 79.9. The van der Waals surface area contributed by atoms with Crippen molar-refractivity contribution < 1.29 is 0 Å². The first-order chi connectivity index (χ1) is 8.19. The lowest BCUT2D eigenvalue weighted by Gasteiger charge is -2.08. The van der Waals surface area contributed by atoms with Gasteiger partial charge in [0.05, 0.1) is 16.4 Å². The van der Waals surface area contributed by atoms with E-state index in [1.165, 1.54) is 4.90 Å². The van der Waals surface area contributed by atoms with Crippen LogP contribution < -0.4 is 11.1 Å². The Kier molecular flexibility index (Phi) is 3.91. The molecule has 0 radical (unpaired) electrons. The number of nitrogens with one attached hydrogen (secondary N) is 1. The second-order valence-electron chi connectivity index (χ2n) is 3.45. The van der Waals surface area contributed by atoms with E-state index in [-0.39, 0.29) is 0 Å². The van der Waals surface area contributed by atoms with Crippen LogP contribution in [0.5, 0.6) is 0 Å². The minimum absolute atomic E-state index is 0.639. The number of rotatable bonds is 3. The van der Waals surface area contributed by atoms with Crippen LogP contribution >= 0.6 is 27.7 Å². The summed E-state index contributed by atoms with van der Waals surface area (Å²) in [6, 6.07) is 10.0. The normalized spacial score (nSPS) is 10.2. The molecule has 2 aromatic rings. The summed E-state index contributed by atoms with van der Waals surface area (Å²) < 4.78 is 0.853. The standard InChI is InChI=1S/C12H12BrN3S/c1-17-10-4-2-9(3-5-10)16-12-11(13)6-8(14)7-15-12/h2-7H,14H2,1H3,(H,15,16). The number of nitrogen functional groups attached to an aromatic ring is 1. The maximum absolute atomic E-state index is 5.64. The van der Waals surface area contributed by atoms with E-state index in [1.54, 1.807) is 18.0 Å². The molecule has 0 bridgehead atoms. The first kappa shape index (κ1) is 12.3. The number of pyridine rings is 1. The number of thioether (sulfide) groups is 1. The van der Waals surface area contributed by atoms with E-state index in [1.807, 2.05) is 18.2 Å². The van der Waals surface area contributed by atoms with Crippen LogP contribution in [-0.2, 0) is 0 Å². The van der Waals surface area contributed by atoms with Crippen LogP contribution in [-0.4, -0.2) is 11.2 Å². The molecule has 0 fully saturated rings. The first-order valence-corrected chi connectivity index (χ1v) is 7.03. The zero-order chi connectivity index (χ0) is 12.3. The van der Waals surface area contributed by atoms with Crippen molar-refractivity contribution in [2.24, 2.45) is 0 Å². The Hall–Kier alpha value is -1.20. The molecule has 3 nitrogen and oxygen atoms in total. The quantitative estimate of drug-likeness (QED) is 0.845. The lowest BCUT2D eigenvalue weighted by molar-refractivity contribution is 1.29. The van der Waals surface area contributed by atoms with Gasteiger partial charge in [-0.3, -0.25) is 0 Å². The molecular weight excluding hydrogens is 298 g/mol. The van der Waals surface area contributed by atoms with E-state index >= 15 is 0 Å². The van der Waals surface area contributed by atoms with Crippen molar-refractivity contribution in [1.82, 2.24) is 4.98 Å².